The van der Waals surface area contributed by atoms with E-state index < -0.39 is 0 Å². The molecule has 2 aromatic rings. The van der Waals surface area contributed by atoms with Crippen LogP contribution in [0.2, 0.25) is 0 Å². The zero-order valence-electron chi connectivity index (χ0n) is 13.6. The molecule has 0 radical (unpaired) electrons. The fourth-order valence-electron chi connectivity index (χ4n) is 2.41. The minimum Gasteiger partial charge on any atom is -0.323 e. The quantitative estimate of drug-likeness (QED) is 0.463. The summed E-state index contributed by atoms with van der Waals surface area (Å²) in [7, 11) is 0. The Morgan fingerprint density at radius 2 is 1.96 bits per heavy atom. The number of benzene rings is 1. The molecule has 0 fully saturated rings. The van der Waals surface area contributed by atoms with Gasteiger partial charge in [-0.2, -0.15) is 5.10 Å². The molecule has 2 rings (SSSR count). The van der Waals surface area contributed by atoms with E-state index in [4.69, 9.17) is 5.84 Å². The summed E-state index contributed by atoms with van der Waals surface area (Å²) >= 11 is 0. The third kappa shape index (κ3) is 5.68. The summed E-state index contributed by atoms with van der Waals surface area (Å²) in [5.41, 5.74) is 2.81. The van der Waals surface area contributed by atoms with Gasteiger partial charge >= 0.3 is 0 Å². The van der Waals surface area contributed by atoms with Crippen LogP contribution in [0.15, 0.2) is 72.0 Å². The van der Waals surface area contributed by atoms with Gasteiger partial charge in [0.2, 0.25) is 0 Å². The predicted octanol–water partition coefficient (Wildman–Crippen LogP) is 3.21. The van der Waals surface area contributed by atoms with Crippen molar-refractivity contribution in [1.29, 1.82) is 0 Å². The van der Waals surface area contributed by atoms with E-state index in [1.807, 2.05) is 30.3 Å². The van der Waals surface area contributed by atoms with E-state index in [0.29, 0.717) is 5.71 Å². The fraction of sp³-hybridized carbons (Fsp3) is 0.263. The number of hydrogen-bond donors (Lipinski definition) is 1. The molecule has 0 saturated heterocycles. The Bertz CT molecular complexity index is 620. The van der Waals surface area contributed by atoms with Crippen LogP contribution >= 0.6 is 0 Å². The lowest BCUT2D eigenvalue weighted by molar-refractivity contribution is 0.295. The van der Waals surface area contributed by atoms with Crippen molar-refractivity contribution in [2.45, 2.75) is 19.9 Å². The summed E-state index contributed by atoms with van der Waals surface area (Å²) in [5.74, 6) is 5.49. The third-order valence-electron chi connectivity index (χ3n) is 3.49. The topological polar surface area (TPSA) is 54.5 Å². The van der Waals surface area contributed by atoms with E-state index in [0.717, 1.165) is 31.7 Å². The Morgan fingerprint density at radius 1 is 1.17 bits per heavy atom. The number of allylic oxidation sites excluding steroid dienone is 1. The van der Waals surface area contributed by atoms with Crippen LogP contribution in [-0.4, -0.2) is 28.7 Å². The molecule has 120 valence electrons. The van der Waals surface area contributed by atoms with Gasteiger partial charge in [-0.25, -0.2) is 0 Å². The predicted molar refractivity (Wildman–Crippen MR) is 96.1 cm³/mol. The van der Waals surface area contributed by atoms with Crippen LogP contribution in [-0.2, 0) is 6.54 Å². The van der Waals surface area contributed by atoms with E-state index in [-0.39, 0.29) is 0 Å². The van der Waals surface area contributed by atoms with Crippen LogP contribution in [0, 0.1) is 0 Å². The van der Waals surface area contributed by atoms with Gasteiger partial charge < -0.3 is 5.84 Å². The smallest absolute Gasteiger partial charge is 0.108 e. The van der Waals surface area contributed by atoms with Gasteiger partial charge in [-0.3, -0.25) is 9.88 Å². The van der Waals surface area contributed by atoms with Crippen LogP contribution in [0.4, 0.5) is 0 Å². The summed E-state index contributed by atoms with van der Waals surface area (Å²) in [5, 5.41) is 3.83. The molecule has 0 bridgehead atoms. The molecule has 1 aromatic carbocycles. The van der Waals surface area contributed by atoms with E-state index >= 15 is 0 Å². The number of aromatic nitrogens is 1. The number of nitrogens with zero attached hydrogens (tertiary/aromatic N) is 3. The number of hydrazone groups is 1. The maximum absolute atomic E-state index is 5.49. The first-order valence-corrected chi connectivity index (χ1v) is 7.95. The first-order valence-electron chi connectivity index (χ1n) is 7.95. The van der Waals surface area contributed by atoms with Crippen LogP contribution in [0.5, 0.6) is 0 Å². The van der Waals surface area contributed by atoms with Gasteiger partial charge in [0.05, 0.1) is 5.69 Å². The molecule has 0 aliphatic rings. The summed E-state index contributed by atoms with van der Waals surface area (Å²) < 4.78 is 0. The SMILES string of the molecule is CCCN(C/C=C/C(=NN)c1ccccn1)Cc1ccccc1. The van der Waals surface area contributed by atoms with Gasteiger partial charge in [-0.05, 0) is 36.7 Å². The normalized spacial score (nSPS) is 12.2. The molecule has 23 heavy (non-hydrogen) atoms. The van der Waals surface area contributed by atoms with Gasteiger partial charge in [-0.15, -0.1) is 0 Å². The van der Waals surface area contributed by atoms with Crippen LogP contribution in [0.3, 0.4) is 0 Å². The zero-order valence-corrected chi connectivity index (χ0v) is 13.6. The van der Waals surface area contributed by atoms with Crippen LogP contribution < -0.4 is 5.84 Å². The maximum atomic E-state index is 5.49. The molecule has 0 spiro atoms. The van der Waals surface area contributed by atoms with Crippen LogP contribution in [0.1, 0.15) is 24.6 Å². The number of hydrogen-bond acceptors (Lipinski definition) is 4. The number of pyridine rings is 1. The Morgan fingerprint density at radius 3 is 2.61 bits per heavy atom. The highest BCUT2D eigenvalue weighted by Gasteiger charge is 2.04. The van der Waals surface area contributed by atoms with Crippen molar-refractivity contribution in [2.75, 3.05) is 13.1 Å². The first kappa shape index (κ1) is 16.9. The average Bonchev–Trinajstić information content (AvgIpc) is 2.60. The standard InChI is InChI=1S/C19H24N4/c1-2-14-23(16-17-9-4-3-5-10-17)15-8-12-19(22-20)18-11-6-7-13-21-18/h3-13H,2,14-16,20H2,1H3/b12-8+,22-19?. The Balaban J connectivity index is 1.97. The molecule has 2 N–H and O–H groups in total. The highest BCUT2D eigenvalue weighted by Crippen LogP contribution is 2.05. The van der Waals surface area contributed by atoms with Crippen LogP contribution in [0.25, 0.3) is 0 Å². The monoisotopic (exact) mass is 308 g/mol. The molecule has 0 atom stereocenters. The van der Waals surface area contributed by atoms with Gasteiger partial charge in [-0.1, -0.05) is 49.4 Å². The van der Waals surface area contributed by atoms with Crippen molar-refractivity contribution >= 4 is 5.71 Å². The lowest BCUT2D eigenvalue weighted by Crippen LogP contribution is -2.24. The first-order chi connectivity index (χ1) is 11.3. The van der Waals surface area contributed by atoms with E-state index in [9.17, 15) is 0 Å². The Hall–Kier alpha value is -2.46. The summed E-state index contributed by atoms with van der Waals surface area (Å²) in [6.45, 7) is 5.05. The number of rotatable bonds is 8. The molecule has 0 saturated carbocycles. The van der Waals surface area contributed by atoms with Crippen molar-refractivity contribution in [2.24, 2.45) is 10.9 Å². The maximum Gasteiger partial charge on any atom is 0.108 e. The minimum absolute atomic E-state index is 0.696. The Kier molecular flexibility index (Phi) is 7.01. The number of nitrogens with two attached hydrogens (primary N) is 1. The molecular formula is C19H24N4. The van der Waals surface area contributed by atoms with Gasteiger partial charge in [0.1, 0.15) is 5.71 Å². The van der Waals surface area contributed by atoms with Crippen molar-refractivity contribution in [3.05, 3.63) is 78.1 Å². The fourth-order valence-corrected chi connectivity index (χ4v) is 2.41. The summed E-state index contributed by atoms with van der Waals surface area (Å²) in [6.07, 6.45) is 6.90. The highest BCUT2D eigenvalue weighted by molar-refractivity contribution is 6.07. The van der Waals surface area contributed by atoms with Gasteiger partial charge in [0.25, 0.3) is 0 Å². The molecular weight excluding hydrogens is 284 g/mol. The zero-order chi connectivity index (χ0) is 16.3. The molecule has 1 aromatic heterocycles. The molecule has 0 aliphatic heterocycles. The molecule has 0 unspecified atom stereocenters. The largest absolute Gasteiger partial charge is 0.323 e. The molecule has 1 heterocycles. The van der Waals surface area contributed by atoms with Gasteiger partial charge in [0.15, 0.2) is 0 Å². The molecule has 0 aliphatic carbocycles. The third-order valence-corrected chi connectivity index (χ3v) is 3.49. The van der Waals surface area contributed by atoms with Gasteiger partial charge in [0, 0.05) is 19.3 Å². The lowest BCUT2D eigenvalue weighted by atomic mass is 10.2. The second-order valence-corrected chi connectivity index (χ2v) is 5.35. The van der Waals surface area contributed by atoms with E-state index in [1.165, 1.54) is 5.56 Å². The van der Waals surface area contributed by atoms with E-state index in [2.05, 4.69) is 52.3 Å². The summed E-state index contributed by atoms with van der Waals surface area (Å²) in [4.78, 5) is 6.68. The van der Waals surface area contributed by atoms with E-state index in [1.54, 1.807) is 6.20 Å². The van der Waals surface area contributed by atoms with Crippen molar-refractivity contribution in [1.82, 2.24) is 9.88 Å². The minimum atomic E-state index is 0.696. The van der Waals surface area contributed by atoms with Crippen molar-refractivity contribution < 1.29 is 0 Å². The lowest BCUT2D eigenvalue weighted by Gasteiger charge is -2.20. The molecule has 4 heteroatoms. The highest BCUT2D eigenvalue weighted by atomic mass is 15.1. The van der Waals surface area contributed by atoms with Crippen molar-refractivity contribution in [3.63, 3.8) is 0 Å². The molecule has 4 nitrogen and oxygen atoms in total. The average molecular weight is 308 g/mol. The van der Waals surface area contributed by atoms with Crippen molar-refractivity contribution in [3.8, 4) is 0 Å². The summed E-state index contributed by atoms with van der Waals surface area (Å²) in [6, 6.07) is 16.2. The second kappa shape index (κ2) is 9.54. The Labute approximate surface area is 138 Å². The molecule has 0 amide bonds. The second-order valence-electron chi connectivity index (χ2n) is 5.35.